The number of fused-ring (bicyclic) bond motifs is 3. The van der Waals surface area contributed by atoms with E-state index >= 15 is 0 Å². The van der Waals surface area contributed by atoms with Crippen molar-refractivity contribution in [3.63, 3.8) is 0 Å². The molecular weight excluding hydrogens is 664 g/mol. The lowest BCUT2D eigenvalue weighted by Gasteiger charge is -2.30. The Morgan fingerprint density at radius 3 is 2.56 bits per heavy atom. The van der Waals surface area contributed by atoms with Crippen LogP contribution < -0.4 is 26.0 Å². The molecule has 0 unspecified atom stereocenters. The Morgan fingerprint density at radius 2 is 1.82 bits per heavy atom. The summed E-state index contributed by atoms with van der Waals surface area (Å²) in [7, 11) is -3.88. The van der Waals surface area contributed by atoms with Gasteiger partial charge in [0.25, 0.3) is 11.8 Å². The molecule has 5 amide bonds. The van der Waals surface area contributed by atoms with Gasteiger partial charge in [0.15, 0.2) is 0 Å². The third kappa shape index (κ3) is 8.08. The quantitative estimate of drug-likeness (QED) is 0.275. The van der Waals surface area contributed by atoms with Crippen LogP contribution in [0.1, 0.15) is 94.5 Å². The van der Waals surface area contributed by atoms with E-state index in [-0.39, 0.29) is 25.3 Å². The van der Waals surface area contributed by atoms with Gasteiger partial charge in [0.05, 0.1) is 5.25 Å². The first kappa shape index (κ1) is 35.7. The number of amides is 5. The number of ether oxygens (including phenoxy) is 1. The van der Waals surface area contributed by atoms with Gasteiger partial charge in [-0.05, 0) is 89.8 Å². The van der Waals surface area contributed by atoms with Crippen LogP contribution in [0.2, 0.25) is 0 Å². The number of benzene rings is 1. The van der Waals surface area contributed by atoms with Crippen LogP contribution in [-0.4, -0.2) is 90.6 Å². The molecule has 1 aromatic carbocycles. The minimum atomic E-state index is -3.88. The molecule has 2 aliphatic carbocycles. The molecule has 0 aromatic heterocycles. The largest absolute Gasteiger partial charge is 0.444 e. The molecule has 2 saturated carbocycles. The van der Waals surface area contributed by atoms with E-state index in [1.807, 2.05) is 18.2 Å². The molecule has 0 radical (unpaired) electrons. The highest BCUT2D eigenvalue weighted by atomic mass is 32.2. The summed E-state index contributed by atoms with van der Waals surface area (Å²) in [4.78, 5) is 69.7. The van der Waals surface area contributed by atoms with Crippen molar-refractivity contribution >= 4 is 45.4 Å². The maximum atomic E-state index is 14.3. The van der Waals surface area contributed by atoms with E-state index in [0.29, 0.717) is 37.7 Å². The molecule has 0 bridgehead atoms. The smallest absolute Gasteiger partial charge is 0.408 e. The third-order valence-electron chi connectivity index (χ3n) is 9.99. The predicted octanol–water partition coefficient (Wildman–Crippen LogP) is 2.25. The molecule has 6 rings (SSSR count). The predicted molar refractivity (Wildman–Crippen MR) is 184 cm³/mol. The molecular formula is C35H48N6O8S. The van der Waals surface area contributed by atoms with Crippen LogP contribution in [0.25, 0.3) is 0 Å². The van der Waals surface area contributed by atoms with Crippen molar-refractivity contribution in [1.82, 2.24) is 25.6 Å². The molecule has 1 aromatic rings. The maximum Gasteiger partial charge on any atom is 0.408 e. The lowest BCUT2D eigenvalue weighted by Crippen LogP contribution is -2.58. The minimum Gasteiger partial charge on any atom is -0.444 e. The molecule has 272 valence electrons. The Bertz CT molecular complexity index is 1690. The summed E-state index contributed by atoms with van der Waals surface area (Å²) in [6, 6.07) is 2.68. The number of allylic oxidation sites excluding steroid dienone is 1. The number of hydrogen-bond donors (Lipinski definition) is 5. The summed E-state index contributed by atoms with van der Waals surface area (Å²) in [5, 5.41) is 11.2. The van der Waals surface area contributed by atoms with Crippen molar-refractivity contribution in [2.75, 3.05) is 18.4 Å². The first-order valence-corrected chi connectivity index (χ1v) is 19.2. The zero-order valence-electron chi connectivity index (χ0n) is 28.9. The second-order valence-corrected chi connectivity index (χ2v) is 17.1. The molecule has 15 heteroatoms. The van der Waals surface area contributed by atoms with Crippen molar-refractivity contribution in [3.05, 3.63) is 41.5 Å². The number of rotatable bonds is 6. The van der Waals surface area contributed by atoms with Crippen LogP contribution >= 0.6 is 0 Å². The number of sulfonamides is 1. The fraction of sp³-hybridized carbons (Fsp3) is 0.629. The molecule has 1 saturated heterocycles. The van der Waals surface area contributed by atoms with Crippen molar-refractivity contribution in [2.24, 2.45) is 5.92 Å². The standard InChI is InChI=1S/C35H48N6O8S/c1-34(2,3)49-33(46)38-26-10-8-6-4-5-7-9-23-19-35(23,32(45)40-50(47,48)25-13-14-25)39-30(43)28-18-24(20-41(28)31(26)44)37-29(42)22-12-11-21-15-16-36-27(21)17-22/h7,9,11-12,17,23-26,28,36H,4-6,8,10,13-16,18-20H2,1-3H3,(H,37,42)(H,38,46)(H,39,43)(H,40,45)/b9-7-/t23-,24-,26+,28+,35-/m1/s1. The van der Waals surface area contributed by atoms with Crippen LogP contribution in [0.4, 0.5) is 10.5 Å². The Labute approximate surface area is 292 Å². The lowest BCUT2D eigenvalue weighted by atomic mass is 10.0. The normalized spacial score (nSPS) is 29.1. The second-order valence-electron chi connectivity index (χ2n) is 15.2. The van der Waals surface area contributed by atoms with Crippen molar-refractivity contribution in [1.29, 1.82) is 0 Å². The summed E-state index contributed by atoms with van der Waals surface area (Å²) in [5.74, 6) is -2.74. The first-order chi connectivity index (χ1) is 23.6. The average molecular weight is 713 g/mol. The number of nitrogens with zero attached hydrogens (tertiary/aromatic N) is 1. The number of nitrogens with one attached hydrogen (secondary N) is 5. The lowest BCUT2D eigenvalue weighted by molar-refractivity contribution is -0.141. The molecule has 14 nitrogen and oxygen atoms in total. The zero-order chi connectivity index (χ0) is 35.8. The Kier molecular flexibility index (Phi) is 9.90. The molecule has 3 fully saturated rings. The molecule has 5 aliphatic rings. The highest BCUT2D eigenvalue weighted by Crippen LogP contribution is 2.46. The SMILES string of the molecule is CC(C)(C)OC(=O)N[C@H]1CCCCC/C=C\[C@@H]2C[C@@]2(C(=O)NS(=O)(=O)C2CC2)NC(=O)[C@@H]2C[C@@H](NC(=O)c3ccc4c(c3)NCC4)CN2C1=O. The summed E-state index contributed by atoms with van der Waals surface area (Å²) >= 11 is 0. The topological polar surface area (TPSA) is 192 Å². The third-order valence-corrected chi connectivity index (χ3v) is 11.8. The van der Waals surface area contributed by atoms with Crippen molar-refractivity contribution < 1.29 is 37.1 Å². The van der Waals surface area contributed by atoms with Gasteiger partial charge in [-0.25, -0.2) is 13.2 Å². The summed E-state index contributed by atoms with van der Waals surface area (Å²) in [5.41, 5.74) is 0.138. The van der Waals surface area contributed by atoms with Crippen molar-refractivity contribution in [2.45, 2.75) is 119 Å². The first-order valence-electron chi connectivity index (χ1n) is 17.7. The van der Waals surface area contributed by atoms with Gasteiger partial charge in [-0.3, -0.25) is 23.9 Å². The van der Waals surface area contributed by atoms with Crippen molar-refractivity contribution in [3.8, 4) is 0 Å². The molecule has 3 heterocycles. The van der Waals surface area contributed by atoms with Gasteiger partial charge in [0, 0.05) is 36.3 Å². The van der Waals surface area contributed by atoms with Crippen LogP contribution in [-0.2, 0) is 35.6 Å². The monoisotopic (exact) mass is 712 g/mol. The zero-order valence-corrected chi connectivity index (χ0v) is 29.7. The molecule has 5 atom stereocenters. The van der Waals surface area contributed by atoms with Crippen LogP contribution in [0.5, 0.6) is 0 Å². The van der Waals surface area contributed by atoms with Gasteiger partial charge in [0.1, 0.15) is 23.2 Å². The van der Waals surface area contributed by atoms with Gasteiger partial charge >= 0.3 is 6.09 Å². The van der Waals surface area contributed by atoms with Gasteiger partial charge in [-0.1, -0.05) is 31.1 Å². The maximum absolute atomic E-state index is 14.3. The van der Waals surface area contributed by atoms with Crippen LogP contribution in [0.3, 0.4) is 0 Å². The van der Waals surface area contributed by atoms with Gasteiger partial charge < -0.3 is 30.9 Å². The Hall–Kier alpha value is -4.14. The molecule has 5 N–H and O–H groups in total. The number of carbonyl (C=O) groups is 5. The average Bonchev–Trinajstić information content (AvgIpc) is 3.92. The molecule has 3 aliphatic heterocycles. The van der Waals surface area contributed by atoms with Crippen LogP contribution in [0, 0.1) is 5.92 Å². The Balaban J connectivity index is 1.26. The molecule has 0 spiro atoms. The van der Waals surface area contributed by atoms with Gasteiger partial charge in [-0.2, -0.15) is 0 Å². The minimum absolute atomic E-state index is 0.0169. The number of hydrogen-bond acceptors (Lipinski definition) is 9. The van der Waals surface area contributed by atoms with Gasteiger partial charge in [0.2, 0.25) is 21.8 Å². The Morgan fingerprint density at radius 1 is 1.04 bits per heavy atom. The van der Waals surface area contributed by atoms with E-state index in [1.54, 1.807) is 32.9 Å². The highest BCUT2D eigenvalue weighted by Gasteiger charge is 2.62. The summed E-state index contributed by atoms with van der Waals surface area (Å²) in [6.45, 7) is 5.93. The molecule has 50 heavy (non-hydrogen) atoms. The fourth-order valence-electron chi connectivity index (χ4n) is 7.06. The summed E-state index contributed by atoms with van der Waals surface area (Å²) in [6.07, 6.45) is 8.24. The van der Waals surface area contributed by atoms with E-state index in [1.165, 1.54) is 4.90 Å². The summed E-state index contributed by atoms with van der Waals surface area (Å²) < 4.78 is 33.1. The van der Waals surface area contributed by atoms with E-state index < -0.39 is 74.3 Å². The van der Waals surface area contributed by atoms with E-state index in [0.717, 1.165) is 37.1 Å². The van der Waals surface area contributed by atoms with E-state index in [9.17, 15) is 32.4 Å². The van der Waals surface area contributed by atoms with Gasteiger partial charge in [-0.15, -0.1) is 0 Å². The van der Waals surface area contributed by atoms with Crippen LogP contribution in [0.15, 0.2) is 30.4 Å². The second kappa shape index (κ2) is 13.9. The number of carbonyl (C=O) groups excluding carboxylic acids is 5. The number of alkyl carbamates (subject to hydrolysis) is 1. The highest BCUT2D eigenvalue weighted by molar-refractivity contribution is 7.91. The van der Waals surface area contributed by atoms with E-state index in [2.05, 4.69) is 26.0 Å². The fourth-order valence-corrected chi connectivity index (χ4v) is 8.42. The van der Waals surface area contributed by atoms with E-state index in [4.69, 9.17) is 4.74 Å². The number of anilines is 1.